The average molecular weight is 1070 g/mol. The third-order valence-corrected chi connectivity index (χ3v) is 15.2. The Morgan fingerprint density at radius 3 is 2.49 bits per heavy atom. The van der Waals surface area contributed by atoms with Crippen LogP contribution in [0.5, 0.6) is 5.75 Å². The van der Waals surface area contributed by atoms with E-state index in [4.69, 9.17) is 30.5 Å². The normalized spacial score (nSPS) is 26.4. The van der Waals surface area contributed by atoms with Gasteiger partial charge in [0.15, 0.2) is 17.9 Å². The van der Waals surface area contributed by atoms with E-state index in [0.29, 0.717) is 37.4 Å². The smallest absolute Gasteiger partial charge is 0.409 e. The molecule has 1 saturated carbocycles. The van der Waals surface area contributed by atoms with Crippen LogP contribution in [0.15, 0.2) is 60.3 Å². The Balaban J connectivity index is 1.12. The molecule has 0 unspecified atom stereocenters. The molecule has 1 saturated heterocycles. The van der Waals surface area contributed by atoms with Gasteiger partial charge in [-0.15, -0.1) is 0 Å². The SMILES string of the molecule is CNN(C)Cc1cc2cccnc2n1CCC(=O)NCCNC(=O)[C@H](O)[C@H](O)C(=O)N(C)[C@@H](C)C(=O)O[C@H]1CC(=O)N(C)c2cc(cc(OC)c2Cl)C/C(C)=C/C=C/[C@@H](OC)[C@@]2(O)C[C@H](OC(=O)N2)[C@@H](C)[C@@H]2C[C@]12C. The Morgan fingerprint density at radius 1 is 1.08 bits per heavy atom. The number of aryl methyl sites for hydroxylation is 1. The molecule has 1 aliphatic carbocycles. The standard InChI is InChI=1S/C52H72ClN9O13/c1-29-13-11-15-39(73-10)52(71)27-38(74-50(70)58-52)30(2)35-26-51(35,4)40(25-42(64)61(8)36-22-32(21-29)23-37(72-9)43(36)53)75-49(69)31(3)60(7)48(68)45(66)44(65)47(67)57-19-18-55-41(63)16-20-62-34(28-59(6)54-5)24-33-14-12-17-56-46(33)62/h11-15,17,22-24,30-31,35,38-40,44-45,54,65-66,71H,16,18-21,25-28H2,1-10H3,(H,55,63)(H,57,67)(H,58,70)/b15-11+,29-13+/t30-,31-,35-,38-,39+,40-,44+,45-,51-,52-/m0/s1. The summed E-state index contributed by atoms with van der Waals surface area (Å²) in [7, 11) is 9.29. The van der Waals surface area contributed by atoms with Crippen molar-refractivity contribution in [1.29, 1.82) is 0 Å². The first-order valence-electron chi connectivity index (χ1n) is 24.9. The molecule has 5 amide bonds. The molecule has 0 radical (unpaired) electrons. The number of carbonyl (C=O) groups is 6. The molecule has 2 aromatic heterocycles. The molecular formula is C52H72ClN9O13. The molecule has 3 aromatic rings. The number of ether oxygens (including phenoxy) is 4. The van der Waals surface area contributed by atoms with Crippen molar-refractivity contribution in [2.45, 2.75) is 115 Å². The summed E-state index contributed by atoms with van der Waals surface area (Å²) < 4.78 is 25.2. The highest BCUT2D eigenvalue weighted by molar-refractivity contribution is 6.35. The molecule has 2 aliphatic heterocycles. The molecule has 2 fully saturated rings. The van der Waals surface area contributed by atoms with E-state index >= 15 is 0 Å². The van der Waals surface area contributed by atoms with E-state index in [0.717, 1.165) is 32.8 Å². The molecule has 75 heavy (non-hydrogen) atoms. The molecule has 6 rings (SSSR count). The van der Waals surface area contributed by atoms with Crippen molar-refractivity contribution < 1.29 is 63.0 Å². The summed E-state index contributed by atoms with van der Waals surface area (Å²) in [5.74, 6) is -4.49. The zero-order valence-corrected chi connectivity index (χ0v) is 45.0. The number of allylic oxidation sites excluding steroid dienone is 3. The molecular weight excluding hydrogens is 994 g/mol. The maximum Gasteiger partial charge on any atom is 0.409 e. The van der Waals surface area contributed by atoms with Gasteiger partial charge in [-0.2, -0.15) is 0 Å². The average Bonchev–Trinajstić information content (AvgIpc) is 3.96. The van der Waals surface area contributed by atoms with Crippen molar-refractivity contribution in [3.05, 3.63) is 76.6 Å². The van der Waals surface area contributed by atoms with E-state index in [-0.39, 0.29) is 49.2 Å². The van der Waals surface area contributed by atoms with Crippen molar-refractivity contribution in [1.82, 2.24) is 40.8 Å². The number of pyridine rings is 1. The largest absolute Gasteiger partial charge is 0.495 e. The number of amides is 5. The number of nitrogens with zero attached hydrogens (tertiary/aromatic N) is 5. The lowest BCUT2D eigenvalue weighted by molar-refractivity contribution is -0.166. The number of nitrogens with one attached hydrogen (secondary N) is 4. The van der Waals surface area contributed by atoms with Crippen molar-refractivity contribution >= 4 is 64.0 Å². The second-order valence-electron chi connectivity index (χ2n) is 20.0. The van der Waals surface area contributed by atoms with Crippen LogP contribution in [0.1, 0.15) is 64.6 Å². The number of carbonyl (C=O) groups excluding carboxylic acids is 6. The third-order valence-electron chi connectivity index (χ3n) is 14.8. The first kappa shape index (κ1) is 58.1. The van der Waals surface area contributed by atoms with Gasteiger partial charge in [-0.05, 0) is 81.5 Å². The number of methoxy groups -OCH3 is 2. The molecule has 23 heteroatoms. The van der Waals surface area contributed by atoms with Gasteiger partial charge >= 0.3 is 12.1 Å². The minimum atomic E-state index is -2.31. The van der Waals surface area contributed by atoms with Crippen molar-refractivity contribution in [3.8, 4) is 5.75 Å². The number of anilines is 1. The molecule has 7 N–H and O–H groups in total. The summed E-state index contributed by atoms with van der Waals surface area (Å²) in [6.07, 6.45) is -1.01. The highest BCUT2D eigenvalue weighted by Gasteiger charge is 2.62. The Kier molecular flexibility index (Phi) is 19.1. The lowest BCUT2D eigenvalue weighted by Crippen LogP contribution is -2.63. The number of esters is 1. The van der Waals surface area contributed by atoms with Gasteiger partial charge in [0.1, 0.15) is 40.8 Å². The minimum absolute atomic E-state index is 0.0236. The molecule has 22 nitrogen and oxygen atoms in total. The maximum absolute atomic E-state index is 14.4. The van der Waals surface area contributed by atoms with E-state index in [1.54, 1.807) is 37.5 Å². The Bertz CT molecular complexity index is 2660. The fraction of sp³-hybridized carbons (Fsp3) is 0.558. The van der Waals surface area contributed by atoms with Gasteiger partial charge < -0.3 is 59.3 Å². The Hall–Kier alpha value is -6.14. The molecule has 4 bridgehead atoms. The van der Waals surface area contributed by atoms with Crippen LogP contribution < -0.4 is 31.0 Å². The number of hydrogen-bond donors (Lipinski definition) is 7. The highest BCUT2D eigenvalue weighted by atomic mass is 35.5. The summed E-state index contributed by atoms with van der Waals surface area (Å²) >= 11 is 6.82. The van der Waals surface area contributed by atoms with Crippen LogP contribution in [0, 0.1) is 17.3 Å². The molecule has 3 aliphatic rings. The second-order valence-corrected chi connectivity index (χ2v) is 20.4. The highest BCUT2D eigenvalue weighted by Crippen LogP contribution is 2.61. The summed E-state index contributed by atoms with van der Waals surface area (Å²) in [6, 6.07) is 7.90. The van der Waals surface area contributed by atoms with Crippen molar-refractivity contribution in [3.63, 3.8) is 0 Å². The van der Waals surface area contributed by atoms with Crippen LogP contribution >= 0.6 is 11.6 Å². The Labute approximate surface area is 441 Å². The van der Waals surface area contributed by atoms with Gasteiger partial charge in [0.2, 0.25) is 11.8 Å². The lowest BCUT2D eigenvalue weighted by Gasteiger charge is -2.42. The predicted molar refractivity (Wildman–Crippen MR) is 277 cm³/mol. The number of fused-ring (bicyclic) bond motifs is 6. The Morgan fingerprint density at radius 2 is 1.80 bits per heavy atom. The van der Waals surface area contributed by atoms with Gasteiger partial charge in [-0.1, -0.05) is 49.2 Å². The summed E-state index contributed by atoms with van der Waals surface area (Å²) in [4.78, 5) is 87.7. The van der Waals surface area contributed by atoms with E-state index in [1.165, 1.54) is 40.1 Å². The zero-order chi connectivity index (χ0) is 55.1. The molecule has 0 spiro atoms. The van der Waals surface area contributed by atoms with E-state index in [1.807, 2.05) is 61.7 Å². The van der Waals surface area contributed by atoms with Gasteiger partial charge in [0, 0.05) is 83.4 Å². The number of rotatable bonds is 17. The van der Waals surface area contributed by atoms with Gasteiger partial charge in [-0.3, -0.25) is 29.9 Å². The third kappa shape index (κ3) is 13.5. The topological polar surface area (TPSA) is 276 Å². The predicted octanol–water partition coefficient (Wildman–Crippen LogP) is 2.34. The van der Waals surface area contributed by atoms with Crippen molar-refractivity contribution in [2.24, 2.45) is 17.3 Å². The van der Waals surface area contributed by atoms with Crippen LogP contribution in [0.3, 0.4) is 0 Å². The summed E-state index contributed by atoms with van der Waals surface area (Å²) in [6.45, 7) is 7.62. The number of hydrogen-bond acceptors (Lipinski definition) is 16. The van der Waals surface area contributed by atoms with Crippen LogP contribution in [0.4, 0.5) is 10.5 Å². The molecule has 10 atom stereocenters. The zero-order valence-electron chi connectivity index (χ0n) is 44.2. The molecule has 4 heterocycles. The van der Waals surface area contributed by atoms with E-state index < -0.39 is 83.4 Å². The van der Waals surface area contributed by atoms with Crippen LogP contribution in [-0.2, 0) is 57.7 Å². The number of aliphatic hydroxyl groups excluding tert-OH is 2. The number of halogens is 1. The van der Waals surface area contributed by atoms with Crippen LogP contribution in [0.25, 0.3) is 11.0 Å². The van der Waals surface area contributed by atoms with Crippen molar-refractivity contribution in [2.75, 3.05) is 60.4 Å². The number of alkyl carbamates (subject to hydrolysis) is 1. The first-order valence-corrected chi connectivity index (χ1v) is 25.2. The van der Waals surface area contributed by atoms with E-state index in [9.17, 15) is 44.1 Å². The lowest BCUT2D eigenvalue weighted by atomic mass is 9.83. The second kappa shape index (κ2) is 24.7. The number of aliphatic hydroxyl groups is 3. The first-order chi connectivity index (χ1) is 35.5. The number of likely N-dealkylation sites (N-methyl/N-ethyl adjacent to an activating group) is 1. The minimum Gasteiger partial charge on any atom is -0.495 e. The summed E-state index contributed by atoms with van der Waals surface area (Å²) in [5, 5.41) is 44.2. The van der Waals surface area contributed by atoms with E-state index in [2.05, 4.69) is 26.4 Å². The number of benzene rings is 1. The monoisotopic (exact) mass is 1070 g/mol. The molecule has 1 aromatic carbocycles. The number of aromatic nitrogens is 2. The maximum atomic E-state index is 14.4. The fourth-order valence-electron chi connectivity index (χ4n) is 9.87. The van der Waals surface area contributed by atoms with Crippen LogP contribution in [-0.4, -0.2) is 168 Å². The van der Waals surface area contributed by atoms with Gasteiger partial charge in [-0.25, -0.2) is 19.6 Å². The fourth-order valence-corrected chi connectivity index (χ4v) is 10.2. The molecule has 410 valence electrons. The quantitative estimate of drug-likeness (QED) is 0.0581. The van der Waals surface area contributed by atoms with Crippen LogP contribution in [0.2, 0.25) is 5.02 Å². The summed E-state index contributed by atoms with van der Waals surface area (Å²) in [5.41, 5.74) is 3.94. The van der Waals surface area contributed by atoms with Gasteiger partial charge in [0.05, 0.1) is 25.8 Å². The number of hydrazine groups is 1. The van der Waals surface area contributed by atoms with Gasteiger partial charge in [0.25, 0.3) is 11.8 Å².